The predicted molar refractivity (Wildman–Crippen MR) is 110 cm³/mol. The molecule has 2 aromatic carbocycles. The summed E-state index contributed by atoms with van der Waals surface area (Å²) in [5, 5.41) is 0.563. The highest BCUT2D eigenvalue weighted by Gasteiger charge is 2.30. The monoisotopic (exact) mass is 420 g/mol. The second-order valence-corrected chi connectivity index (χ2v) is 7.11. The Bertz CT molecular complexity index is 822. The molecule has 0 spiro atoms. The summed E-state index contributed by atoms with van der Waals surface area (Å²) in [6, 6.07) is 13.5. The zero-order valence-electron chi connectivity index (χ0n) is 16.8. The summed E-state index contributed by atoms with van der Waals surface area (Å²) in [5.41, 5.74) is 3.48. The number of halogens is 1. The number of hydrogen-bond donors (Lipinski definition) is 2. The Kier molecular flexibility index (Phi) is 7.73. The van der Waals surface area contributed by atoms with Crippen molar-refractivity contribution in [1.82, 2.24) is 10.9 Å². The second kappa shape index (κ2) is 10.0. The van der Waals surface area contributed by atoms with Gasteiger partial charge in [0.25, 0.3) is 11.8 Å². The fraction of sp³-hybridized carbons (Fsp3) is 0.333. The summed E-state index contributed by atoms with van der Waals surface area (Å²) in [7, 11) is 0. The third-order valence-corrected chi connectivity index (χ3v) is 4.10. The van der Waals surface area contributed by atoms with Crippen molar-refractivity contribution in [3.63, 3.8) is 0 Å². The highest BCUT2D eigenvalue weighted by Crippen LogP contribution is 2.21. The molecule has 2 rings (SSSR count). The molecule has 0 aliphatic heterocycles. The fourth-order valence-corrected chi connectivity index (χ4v) is 2.38. The van der Waals surface area contributed by atoms with Crippen LogP contribution in [0.3, 0.4) is 0 Å². The first-order valence-electron chi connectivity index (χ1n) is 9.15. The molecule has 29 heavy (non-hydrogen) atoms. The quantitative estimate of drug-likeness (QED) is 0.638. The van der Waals surface area contributed by atoms with E-state index in [1.165, 1.54) is 0 Å². The minimum Gasteiger partial charge on any atom is -0.494 e. The fourth-order valence-electron chi connectivity index (χ4n) is 2.25. The molecule has 0 saturated heterocycles. The molecule has 0 aliphatic rings. The van der Waals surface area contributed by atoms with Gasteiger partial charge in [0.2, 0.25) is 0 Å². The molecule has 2 amide bonds. The molecule has 1 unspecified atom stereocenters. The van der Waals surface area contributed by atoms with Crippen molar-refractivity contribution < 1.29 is 23.8 Å². The van der Waals surface area contributed by atoms with Gasteiger partial charge in [0, 0.05) is 5.02 Å². The topological polar surface area (TPSA) is 85.9 Å². The Balaban J connectivity index is 1.84. The van der Waals surface area contributed by atoms with Gasteiger partial charge in [-0.15, -0.1) is 0 Å². The van der Waals surface area contributed by atoms with Crippen molar-refractivity contribution in [3.05, 3.63) is 53.6 Å². The van der Waals surface area contributed by atoms with E-state index in [-0.39, 0.29) is 0 Å². The van der Waals surface area contributed by atoms with E-state index in [0.717, 1.165) is 0 Å². The molecule has 0 aliphatic carbocycles. The van der Waals surface area contributed by atoms with E-state index in [9.17, 15) is 9.59 Å². The molecule has 0 heterocycles. The van der Waals surface area contributed by atoms with Crippen LogP contribution >= 0.6 is 11.6 Å². The first-order valence-corrected chi connectivity index (χ1v) is 9.53. The number of hydrazine groups is 1. The van der Waals surface area contributed by atoms with Crippen LogP contribution in [0.4, 0.5) is 0 Å². The lowest BCUT2D eigenvalue weighted by molar-refractivity contribution is -0.139. The molecule has 0 saturated carbocycles. The number of carbonyl (C=O) groups is 2. The van der Waals surface area contributed by atoms with Gasteiger partial charge in [-0.25, -0.2) is 0 Å². The molecule has 8 heteroatoms. The summed E-state index contributed by atoms with van der Waals surface area (Å²) in [4.78, 5) is 24.6. The van der Waals surface area contributed by atoms with Gasteiger partial charge in [-0.2, -0.15) is 0 Å². The van der Waals surface area contributed by atoms with Crippen LogP contribution in [0, 0.1) is 0 Å². The largest absolute Gasteiger partial charge is 0.494 e. The molecule has 0 aromatic heterocycles. The Hall–Kier alpha value is -2.93. The van der Waals surface area contributed by atoms with Crippen LogP contribution in [-0.4, -0.2) is 30.1 Å². The number of rotatable bonds is 8. The van der Waals surface area contributed by atoms with Crippen molar-refractivity contribution in [2.45, 2.75) is 39.4 Å². The number of ether oxygens (including phenoxy) is 3. The lowest BCUT2D eigenvalue weighted by atomic mass is 10.1. The second-order valence-electron chi connectivity index (χ2n) is 6.67. The first-order chi connectivity index (χ1) is 13.7. The standard InChI is InChI=1S/C21H25ClN2O5/c1-5-27-16-10-12-17(13-11-16)28-14(2)19(25)23-24-20(26)21(3,4)29-18-8-6-15(22)7-9-18/h6-14H,5H2,1-4H3,(H,23,25)(H,24,26). The molecule has 0 bridgehead atoms. The lowest BCUT2D eigenvalue weighted by Crippen LogP contribution is -2.55. The predicted octanol–water partition coefficient (Wildman–Crippen LogP) is 3.51. The van der Waals surface area contributed by atoms with Gasteiger partial charge >= 0.3 is 0 Å². The third kappa shape index (κ3) is 6.87. The lowest BCUT2D eigenvalue weighted by Gasteiger charge is -2.25. The van der Waals surface area contributed by atoms with Crippen LogP contribution in [0.1, 0.15) is 27.7 Å². The Labute approximate surface area is 175 Å². The van der Waals surface area contributed by atoms with Gasteiger partial charge < -0.3 is 14.2 Å². The van der Waals surface area contributed by atoms with Crippen molar-refractivity contribution in [2.75, 3.05) is 6.61 Å². The average Bonchev–Trinajstić information content (AvgIpc) is 2.69. The van der Waals surface area contributed by atoms with Crippen molar-refractivity contribution in [3.8, 4) is 17.2 Å². The number of carbonyl (C=O) groups excluding carboxylic acids is 2. The van der Waals surface area contributed by atoms with Crippen LogP contribution in [0.2, 0.25) is 5.02 Å². The van der Waals surface area contributed by atoms with E-state index in [1.807, 2.05) is 6.92 Å². The summed E-state index contributed by atoms with van der Waals surface area (Å²) in [6.07, 6.45) is -0.825. The van der Waals surface area contributed by atoms with Gasteiger partial charge in [-0.1, -0.05) is 11.6 Å². The Morgan fingerprint density at radius 3 is 2.10 bits per heavy atom. The van der Waals surface area contributed by atoms with Crippen LogP contribution in [0.5, 0.6) is 17.2 Å². The molecule has 7 nitrogen and oxygen atoms in total. The number of hydrogen-bond acceptors (Lipinski definition) is 5. The Morgan fingerprint density at radius 2 is 1.52 bits per heavy atom. The van der Waals surface area contributed by atoms with E-state index in [0.29, 0.717) is 28.9 Å². The van der Waals surface area contributed by atoms with Gasteiger partial charge in [0.05, 0.1) is 6.61 Å². The van der Waals surface area contributed by atoms with Crippen molar-refractivity contribution in [1.29, 1.82) is 0 Å². The minimum atomic E-state index is -1.22. The summed E-state index contributed by atoms with van der Waals surface area (Å²) < 4.78 is 16.6. The number of benzene rings is 2. The van der Waals surface area contributed by atoms with Crippen LogP contribution in [-0.2, 0) is 9.59 Å². The molecular weight excluding hydrogens is 396 g/mol. The molecule has 2 N–H and O–H groups in total. The van der Waals surface area contributed by atoms with E-state index in [1.54, 1.807) is 69.3 Å². The van der Waals surface area contributed by atoms with Crippen LogP contribution in [0.15, 0.2) is 48.5 Å². The van der Waals surface area contributed by atoms with Gasteiger partial charge in [-0.3, -0.25) is 20.4 Å². The average molecular weight is 421 g/mol. The zero-order valence-corrected chi connectivity index (χ0v) is 17.6. The molecule has 0 radical (unpaired) electrons. The van der Waals surface area contributed by atoms with E-state index >= 15 is 0 Å². The summed E-state index contributed by atoms with van der Waals surface area (Å²) >= 11 is 5.84. The number of amides is 2. The zero-order chi connectivity index (χ0) is 21.4. The maximum atomic E-state index is 12.4. The van der Waals surface area contributed by atoms with Crippen LogP contribution in [0.25, 0.3) is 0 Å². The molecule has 1 atom stereocenters. The summed E-state index contributed by atoms with van der Waals surface area (Å²) in [5.74, 6) is 0.678. The SMILES string of the molecule is CCOc1ccc(OC(C)C(=O)NNC(=O)C(C)(C)Oc2ccc(Cl)cc2)cc1. The maximum Gasteiger partial charge on any atom is 0.281 e. The molecule has 156 valence electrons. The normalized spacial score (nSPS) is 11.9. The Morgan fingerprint density at radius 1 is 0.966 bits per heavy atom. The smallest absolute Gasteiger partial charge is 0.281 e. The van der Waals surface area contributed by atoms with Gasteiger partial charge in [0.15, 0.2) is 11.7 Å². The molecule has 2 aromatic rings. The molecular formula is C21H25ClN2O5. The van der Waals surface area contributed by atoms with Crippen LogP contribution < -0.4 is 25.1 Å². The third-order valence-electron chi connectivity index (χ3n) is 3.85. The van der Waals surface area contributed by atoms with Crippen molar-refractivity contribution >= 4 is 23.4 Å². The summed E-state index contributed by atoms with van der Waals surface area (Å²) in [6.45, 7) is 7.21. The molecule has 0 fully saturated rings. The highest BCUT2D eigenvalue weighted by molar-refractivity contribution is 6.30. The minimum absolute atomic E-state index is 0.480. The maximum absolute atomic E-state index is 12.4. The van der Waals surface area contributed by atoms with Crippen molar-refractivity contribution in [2.24, 2.45) is 0 Å². The van der Waals surface area contributed by atoms with E-state index < -0.39 is 23.5 Å². The highest BCUT2D eigenvalue weighted by atomic mass is 35.5. The van der Waals surface area contributed by atoms with Gasteiger partial charge in [0.1, 0.15) is 17.2 Å². The number of nitrogens with one attached hydrogen (secondary N) is 2. The van der Waals surface area contributed by atoms with E-state index in [2.05, 4.69) is 10.9 Å². The van der Waals surface area contributed by atoms with Gasteiger partial charge in [-0.05, 0) is 76.2 Å². The van der Waals surface area contributed by atoms with E-state index in [4.69, 9.17) is 25.8 Å². The first kappa shape index (κ1) is 22.4.